The van der Waals surface area contributed by atoms with Gasteiger partial charge in [-0.2, -0.15) is 0 Å². The Kier molecular flexibility index (Phi) is 7.39. The zero-order chi connectivity index (χ0) is 16.5. The van der Waals surface area contributed by atoms with Crippen molar-refractivity contribution in [2.45, 2.75) is 26.4 Å². The highest BCUT2D eigenvalue weighted by Crippen LogP contribution is 2.24. The van der Waals surface area contributed by atoms with Crippen LogP contribution in [-0.2, 0) is 9.59 Å². The van der Waals surface area contributed by atoms with E-state index in [0.29, 0.717) is 18.0 Å². The van der Waals surface area contributed by atoms with Crippen LogP contribution in [0.2, 0.25) is 0 Å². The third-order valence-electron chi connectivity index (χ3n) is 2.77. The van der Waals surface area contributed by atoms with Crippen LogP contribution < -0.4 is 15.4 Å². The third kappa shape index (κ3) is 6.58. The zero-order valence-corrected chi connectivity index (χ0v) is 13.7. The molecule has 0 radical (unpaired) electrons. The number of nitrogens with one attached hydrogen (secondary N) is 2. The van der Waals surface area contributed by atoms with Crippen LogP contribution in [0.4, 0.5) is 5.69 Å². The largest absolute Gasteiger partial charge is 0.489 e. The molecule has 0 aromatic heterocycles. The van der Waals surface area contributed by atoms with Gasteiger partial charge in [-0.05, 0) is 53.0 Å². The van der Waals surface area contributed by atoms with E-state index in [-0.39, 0.29) is 6.10 Å². The Bertz CT molecular complexity index is 501. The summed E-state index contributed by atoms with van der Waals surface area (Å²) in [5, 5.41) is 5.18. The van der Waals surface area contributed by atoms with Gasteiger partial charge >= 0.3 is 11.8 Å². The monoisotopic (exact) mass is 307 g/mol. The Morgan fingerprint density at radius 3 is 2.50 bits per heavy atom. The summed E-state index contributed by atoms with van der Waals surface area (Å²) in [6.07, 6.45) is 0.775. The lowest BCUT2D eigenvalue weighted by Gasteiger charge is -2.14. The van der Waals surface area contributed by atoms with Gasteiger partial charge in [0.05, 0.1) is 11.8 Å². The van der Waals surface area contributed by atoms with Crippen LogP contribution in [0.5, 0.6) is 5.75 Å². The Balaban J connectivity index is 2.52. The first-order valence-electron chi connectivity index (χ1n) is 7.39. The van der Waals surface area contributed by atoms with E-state index in [2.05, 4.69) is 10.6 Å². The molecule has 2 amide bonds. The molecule has 6 heteroatoms. The normalized spacial score (nSPS) is 10.6. The number of benzene rings is 1. The average molecular weight is 307 g/mol. The maximum absolute atomic E-state index is 11.9. The smallest absolute Gasteiger partial charge is 0.313 e. The maximum atomic E-state index is 11.9. The van der Waals surface area contributed by atoms with Crippen molar-refractivity contribution in [3.63, 3.8) is 0 Å². The summed E-state index contributed by atoms with van der Waals surface area (Å²) in [5.74, 6) is -0.783. The van der Waals surface area contributed by atoms with Crippen LogP contribution in [0.3, 0.4) is 0 Å². The number of para-hydroxylation sites is 2. The Morgan fingerprint density at radius 2 is 1.86 bits per heavy atom. The van der Waals surface area contributed by atoms with Crippen LogP contribution in [0.25, 0.3) is 0 Å². The van der Waals surface area contributed by atoms with Crippen molar-refractivity contribution in [3.05, 3.63) is 24.3 Å². The average Bonchev–Trinajstić information content (AvgIpc) is 2.44. The molecular weight excluding hydrogens is 282 g/mol. The highest BCUT2D eigenvalue weighted by molar-refractivity contribution is 6.39. The molecule has 122 valence electrons. The molecule has 0 spiro atoms. The van der Waals surface area contributed by atoms with E-state index in [1.165, 1.54) is 0 Å². The quantitative estimate of drug-likeness (QED) is 0.591. The summed E-state index contributed by atoms with van der Waals surface area (Å²) in [6.45, 7) is 5.12. The predicted octanol–water partition coefficient (Wildman–Crippen LogP) is 1.48. The first kappa shape index (κ1) is 18.0. The fourth-order valence-electron chi connectivity index (χ4n) is 1.78. The molecule has 2 N–H and O–H groups in total. The van der Waals surface area contributed by atoms with Crippen molar-refractivity contribution < 1.29 is 14.3 Å². The lowest BCUT2D eigenvalue weighted by molar-refractivity contribution is -0.136. The summed E-state index contributed by atoms with van der Waals surface area (Å²) < 4.78 is 5.60. The topological polar surface area (TPSA) is 70.7 Å². The second-order valence-electron chi connectivity index (χ2n) is 5.53. The predicted molar refractivity (Wildman–Crippen MR) is 87.0 cm³/mol. The summed E-state index contributed by atoms with van der Waals surface area (Å²) in [6, 6.07) is 7.05. The number of nitrogens with zero attached hydrogens (tertiary/aromatic N) is 1. The van der Waals surface area contributed by atoms with Crippen molar-refractivity contribution in [2.24, 2.45) is 0 Å². The van der Waals surface area contributed by atoms with E-state index in [1.807, 2.05) is 38.9 Å². The molecule has 0 heterocycles. The van der Waals surface area contributed by atoms with Crippen LogP contribution in [0, 0.1) is 0 Å². The molecule has 1 rings (SSSR count). The lowest BCUT2D eigenvalue weighted by Crippen LogP contribution is -2.36. The summed E-state index contributed by atoms with van der Waals surface area (Å²) in [5.41, 5.74) is 0.490. The van der Waals surface area contributed by atoms with E-state index in [0.717, 1.165) is 13.0 Å². The van der Waals surface area contributed by atoms with E-state index >= 15 is 0 Å². The first-order chi connectivity index (χ1) is 10.4. The number of carbonyl (C=O) groups is 2. The Hall–Kier alpha value is -2.08. The lowest BCUT2D eigenvalue weighted by atomic mass is 10.3. The number of carbonyl (C=O) groups excluding carboxylic acids is 2. The number of hydrogen-bond donors (Lipinski definition) is 2. The van der Waals surface area contributed by atoms with E-state index < -0.39 is 11.8 Å². The molecular formula is C16H25N3O3. The van der Waals surface area contributed by atoms with Crippen molar-refractivity contribution in [1.29, 1.82) is 0 Å². The summed E-state index contributed by atoms with van der Waals surface area (Å²) in [7, 11) is 3.92. The standard InChI is InChI=1S/C16H25N3O3/c1-12(2)22-14-9-6-5-8-13(14)18-16(21)15(20)17-10-7-11-19(3)4/h5-6,8-9,12H,7,10-11H2,1-4H3,(H,17,20)(H,18,21). The van der Waals surface area contributed by atoms with Crippen LogP contribution >= 0.6 is 0 Å². The van der Waals surface area contributed by atoms with Gasteiger partial charge in [0.25, 0.3) is 0 Å². The number of anilines is 1. The van der Waals surface area contributed by atoms with Gasteiger partial charge in [0.2, 0.25) is 0 Å². The summed E-state index contributed by atoms with van der Waals surface area (Å²) >= 11 is 0. The van der Waals surface area contributed by atoms with Crippen molar-refractivity contribution >= 4 is 17.5 Å². The van der Waals surface area contributed by atoms with Gasteiger partial charge in [0, 0.05) is 6.54 Å². The van der Waals surface area contributed by atoms with Crippen molar-refractivity contribution in [3.8, 4) is 5.75 Å². The zero-order valence-electron chi connectivity index (χ0n) is 13.7. The third-order valence-corrected chi connectivity index (χ3v) is 2.77. The SMILES string of the molecule is CC(C)Oc1ccccc1NC(=O)C(=O)NCCCN(C)C. The Labute approximate surface area is 131 Å². The van der Waals surface area contributed by atoms with E-state index in [4.69, 9.17) is 4.74 Å². The number of ether oxygens (including phenoxy) is 1. The van der Waals surface area contributed by atoms with Gasteiger partial charge < -0.3 is 20.3 Å². The number of hydrogen-bond acceptors (Lipinski definition) is 4. The molecule has 6 nitrogen and oxygen atoms in total. The molecule has 0 unspecified atom stereocenters. The fourth-order valence-corrected chi connectivity index (χ4v) is 1.78. The molecule has 0 atom stereocenters. The van der Waals surface area contributed by atoms with Crippen LogP contribution in [-0.4, -0.2) is 50.0 Å². The second kappa shape index (κ2) is 9.04. The Morgan fingerprint density at radius 1 is 1.18 bits per heavy atom. The number of rotatable bonds is 7. The maximum Gasteiger partial charge on any atom is 0.313 e. The molecule has 22 heavy (non-hydrogen) atoms. The minimum atomic E-state index is -0.690. The van der Waals surface area contributed by atoms with Crippen molar-refractivity contribution in [1.82, 2.24) is 10.2 Å². The fraction of sp³-hybridized carbons (Fsp3) is 0.500. The number of amides is 2. The molecule has 1 aromatic rings. The van der Waals surface area contributed by atoms with Gasteiger partial charge in [-0.15, -0.1) is 0 Å². The molecule has 1 aromatic carbocycles. The molecule has 0 aliphatic heterocycles. The van der Waals surface area contributed by atoms with Crippen LogP contribution in [0.15, 0.2) is 24.3 Å². The molecule has 0 bridgehead atoms. The van der Waals surface area contributed by atoms with Gasteiger partial charge in [-0.25, -0.2) is 0 Å². The van der Waals surface area contributed by atoms with E-state index in [1.54, 1.807) is 18.2 Å². The molecule has 0 fully saturated rings. The van der Waals surface area contributed by atoms with Crippen molar-refractivity contribution in [2.75, 3.05) is 32.5 Å². The summed E-state index contributed by atoms with van der Waals surface area (Å²) in [4.78, 5) is 25.7. The van der Waals surface area contributed by atoms with Gasteiger partial charge in [0.1, 0.15) is 5.75 Å². The van der Waals surface area contributed by atoms with Crippen LogP contribution in [0.1, 0.15) is 20.3 Å². The molecule has 0 aliphatic carbocycles. The highest BCUT2D eigenvalue weighted by Gasteiger charge is 2.15. The highest BCUT2D eigenvalue weighted by atomic mass is 16.5. The first-order valence-corrected chi connectivity index (χ1v) is 7.39. The molecule has 0 aliphatic rings. The van der Waals surface area contributed by atoms with Gasteiger partial charge in [-0.1, -0.05) is 12.1 Å². The molecule has 0 saturated heterocycles. The van der Waals surface area contributed by atoms with E-state index in [9.17, 15) is 9.59 Å². The molecule has 0 saturated carbocycles. The minimum Gasteiger partial charge on any atom is -0.489 e. The van der Waals surface area contributed by atoms with Gasteiger partial charge in [0.15, 0.2) is 0 Å². The second-order valence-corrected chi connectivity index (χ2v) is 5.53. The minimum absolute atomic E-state index is 0.0158. The van der Waals surface area contributed by atoms with Gasteiger partial charge in [-0.3, -0.25) is 9.59 Å².